The first-order valence-electron chi connectivity index (χ1n) is 11.9. The number of carboxylic acid groups (broad SMARTS) is 1. The molecule has 37 heavy (non-hydrogen) atoms. The summed E-state index contributed by atoms with van der Waals surface area (Å²) in [6.45, 7) is 2.51. The summed E-state index contributed by atoms with van der Waals surface area (Å²) in [5.41, 5.74) is 2.60. The van der Waals surface area contributed by atoms with Crippen LogP contribution in [0.1, 0.15) is 40.1 Å². The van der Waals surface area contributed by atoms with E-state index in [1.807, 2.05) is 37.3 Å². The second kappa shape index (κ2) is 12.3. The van der Waals surface area contributed by atoms with Crippen molar-refractivity contribution in [2.24, 2.45) is 0 Å². The molecule has 0 amide bonds. The third-order valence-electron chi connectivity index (χ3n) is 6.26. The second-order valence-electron chi connectivity index (χ2n) is 8.78. The lowest BCUT2D eigenvalue weighted by Gasteiger charge is -2.41. The molecule has 1 heterocycles. The van der Waals surface area contributed by atoms with Crippen LogP contribution < -0.4 is 4.74 Å². The van der Waals surface area contributed by atoms with Gasteiger partial charge < -0.3 is 29.9 Å². The number of hydrogen-bond acceptors (Lipinski definition) is 7. The quantitative estimate of drug-likeness (QED) is 0.294. The predicted molar refractivity (Wildman–Crippen MR) is 142 cm³/mol. The second-order valence-corrected chi connectivity index (χ2v) is 10.3. The van der Waals surface area contributed by atoms with Gasteiger partial charge in [-0.15, -0.1) is 11.8 Å². The average Bonchev–Trinajstić information content (AvgIpc) is 2.90. The number of thioether (sulfide) groups is 1. The van der Waals surface area contributed by atoms with E-state index in [2.05, 4.69) is 0 Å². The SMILES string of the molecule is CCOc1ccc(Cc2cc([C@@H]3O[C@H](CSc4ccccc4C(=O)O)[C@@H](O)[C@H](O)[C@H]3O)ccc2Cl)cc1. The van der Waals surface area contributed by atoms with Crippen LogP contribution in [0, 0.1) is 0 Å². The lowest BCUT2D eigenvalue weighted by molar-refractivity contribution is -0.218. The summed E-state index contributed by atoms with van der Waals surface area (Å²) < 4.78 is 11.6. The highest BCUT2D eigenvalue weighted by molar-refractivity contribution is 7.99. The molecule has 0 aromatic heterocycles. The van der Waals surface area contributed by atoms with E-state index in [9.17, 15) is 25.2 Å². The van der Waals surface area contributed by atoms with Crippen molar-refractivity contribution in [2.75, 3.05) is 12.4 Å². The Labute approximate surface area is 224 Å². The van der Waals surface area contributed by atoms with Crippen molar-refractivity contribution >= 4 is 29.3 Å². The zero-order valence-corrected chi connectivity index (χ0v) is 21.7. The average molecular weight is 545 g/mol. The van der Waals surface area contributed by atoms with E-state index in [-0.39, 0.29) is 11.3 Å². The monoisotopic (exact) mass is 544 g/mol. The fraction of sp³-hybridized carbons (Fsp3) is 0.321. The van der Waals surface area contributed by atoms with Gasteiger partial charge >= 0.3 is 5.97 Å². The maximum atomic E-state index is 11.5. The molecule has 5 atom stereocenters. The Balaban J connectivity index is 1.52. The Morgan fingerprint density at radius 1 is 1.00 bits per heavy atom. The molecule has 9 heteroatoms. The van der Waals surface area contributed by atoms with Crippen LogP contribution in [-0.2, 0) is 11.2 Å². The molecule has 4 N–H and O–H groups in total. The van der Waals surface area contributed by atoms with Gasteiger partial charge in [-0.25, -0.2) is 4.79 Å². The number of hydrogen-bond donors (Lipinski definition) is 4. The van der Waals surface area contributed by atoms with Gasteiger partial charge in [-0.05, 0) is 60.4 Å². The van der Waals surface area contributed by atoms with Crippen LogP contribution in [0.4, 0.5) is 0 Å². The zero-order chi connectivity index (χ0) is 26.5. The van der Waals surface area contributed by atoms with Crippen LogP contribution in [0.25, 0.3) is 0 Å². The van der Waals surface area contributed by atoms with E-state index in [0.717, 1.165) is 16.9 Å². The van der Waals surface area contributed by atoms with E-state index >= 15 is 0 Å². The molecule has 0 bridgehead atoms. The smallest absolute Gasteiger partial charge is 0.336 e. The van der Waals surface area contributed by atoms with Gasteiger partial charge in [0.15, 0.2) is 0 Å². The molecule has 0 aliphatic carbocycles. The first kappa shape index (κ1) is 27.4. The molecule has 3 aromatic rings. The number of aromatic carboxylic acids is 1. The van der Waals surface area contributed by atoms with Crippen molar-refractivity contribution in [3.63, 3.8) is 0 Å². The van der Waals surface area contributed by atoms with Crippen LogP contribution in [-0.4, -0.2) is 63.2 Å². The van der Waals surface area contributed by atoms with Crippen LogP contribution in [0.2, 0.25) is 5.02 Å². The zero-order valence-electron chi connectivity index (χ0n) is 20.2. The molecule has 1 saturated heterocycles. The summed E-state index contributed by atoms with van der Waals surface area (Å²) in [4.78, 5) is 12.0. The highest BCUT2D eigenvalue weighted by atomic mass is 35.5. The molecule has 1 aliphatic rings. The molecule has 7 nitrogen and oxygen atoms in total. The van der Waals surface area contributed by atoms with Crippen molar-refractivity contribution in [1.82, 2.24) is 0 Å². The van der Waals surface area contributed by atoms with E-state index in [0.29, 0.717) is 28.5 Å². The van der Waals surface area contributed by atoms with Gasteiger partial charge in [-0.2, -0.15) is 0 Å². The maximum Gasteiger partial charge on any atom is 0.336 e. The molecular weight excluding hydrogens is 516 g/mol. The number of halogens is 1. The topological polar surface area (TPSA) is 116 Å². The summed E-state index contributed by atoms with van der Waals surface area (Å²) in [7, 11) is 0. The summed E-state index contributed by atoms with van der Waals surface area (Å²) in [6, 6.07) is 19.6. The van der Waals surface area contributed by atoms with Crippen molar-refractivity contribution in [3.05, 3.63) is 94.0 Å². The summed E-state index contributed by atoms with van der Waals surface area (Å²) in [5.74, 6) is -0.0896. The minimum absolute atomic E-state index is 0.145. The van der Waals surface area contributed by atoms with Gasteiger partial charge in [0.1, 0.15) is 30.2 Å². The van der Waals surface area contributed by atoms with Crippen molar-refractivity contribution < 1.29 is 34.7 Å². The molecular formula is C28H29ClO7S. The lowest BCUT2D eigenvalue weighted by Crippen LogP contribution is -2.54. The fourth-order valence-corrected chi connectivity index (χ4v) is 5.59. The first-order valence-corrected chi connectivity index (χ1v) is 13.3. The number of benzene rings is 3. The Hall–Kier alpha value is -2.59. The molecule has 0 spiro atoms. The van der Waals surface area contributed by atoms with Gasteiger partial charge in [0, 0.05) is 15.7 Å². The van der Waals surface area contributed by atoms with E-state index in [1.54, 1.807) is 30.3 Å². The Morgan fingerprint density at radius 2 is 1.73 bits per heavy atom. The lowest BCUT2D eigenvalue weighted by atomic mass is 9.90. The standard InChI is InChI=1S/C28H29ClO7S/c1-2-35-19-10-7-16(8-11-19)13-18-14-17(9-12-21(18)29)27-26(32)25(31)24(30)22(36-27)15-37-23-6-4-3-5-20(23)28(33)34/h3-12,14,22,24-27,30-32H,2,13,15H2,1H3,(H,33,34)/t22-,24-,25+,26-,27+/m1/s1. The van der Waals surface area contributed by atoms with Crippen molar-refractivity contribution in [1.29, 1.82) is 0 Å². The molecule has 0 radical (unpaired) electrons. The third kappa shape index (κ3) is 6.46. The number of aliphatic hydroxyl groups is 3. The molecule has 1 aliphatic heterocycles. The van der Waals surface area contributed by atoms with E-state index in [1.165, 1.54) is 17.8 Å². The third-order valence-corrected chi connectivity index (χ3v) is 7.79. The first-order chi connectivity index (χ1) is 17.8. The van der Waals surface area contributed by atoms with Gasteiger partial charge in [0.05, 0.1) is 18.3 Å². The normalized spacial score (nSPS) is 23.5. The molecule has 1 fully saturated rings. The molecule has 3 aromatic carbocycles. The number of rotatable bonds is 9. The fourth-order valence-electron chi connectivity index (χ4n) is 4.30. The summed E-state index contributed by atoms with van der Waals surface area (Å²) in [6.07, 6.45) is -5.36. The Kier molecular flexibility index (Phi) is 9.13. The molecule has 0 unspecified atom stereocenters. The number of carboxylic acids is 1. The van der Waals surface area contributed by atoms with Gasteiger partial charge in [0.25, 0.3) is 0 Å². The number of aliphatic hydroxyl groups excluding tert-OH is 3. The number of ether oxygens (including phenoxy) is 2. The number of carbonyl (C=O) groups is 1. The van der Waals surface area contributed by atoms with Gasteiger partial charge in [-0.3, -0.25) is 0 Å². The summed E-state index contributed by atoms with van der Waals surface area (Å²) in [5, 5.41) is 41.9. The highest BCUT2D eigenvalue weighted by Crippen LogP contribution is 2.36. The van der Waals surface area contributed by atoms with Gasteiger partial charge in [0.2, 0.25) is 0 Å². The Bertz CT molecular complexity index is 1220. The largest absolute Gasteiger partial charge is 0.494 e. The predicted octanol–water partition coefficient (Wildman–Crippen LogP) is 4.34. The summed E-state index contributed by atoms with van der Waals surface area (Å²) >= 11 is 7.68. The van der Waals surface area contributed by atoms with Crippen molar-refractivity contribution in [2.45, 2.75) is 48.8 Å². The maximum absolute atomic E-state index is 11.5. The minimum Gasteiger partial charge on any atom is -0.494 e. The Morgan fingerprint density at radius 3 is 2.43 bits per heavy atom. The van der Waals surface area contributed by atoms with Crippen LogP contribution in [0.5, 0.6) is 5.75 Å². The molecule has 4 rings (SSSR count). The molecule has 196 valence electrons. The van der Waals surface area contributed by atoms with E-state index in [4.69, 9.17) is 21.1 Å². The minimum atomic E-state index is -1.44. The van der Waals surface area contributed by atoms with Crippen LogP contribution in [0.15, 0.2) is 71.6 Å². The van der Waals surface area contributed by atoms with Crippen molar-refractivity contribution in [3.8, 4) is 5.75 Å². The van der Waals surface area contributed by atoms with Gasteiger partial charge in [-0.1, -0.05) is 48.0 Å². The molecule has 0 saturated carbocycles. The van der Waals surface area contributed by atoms with Crippen LogP contribution in [0.3, 0.4) is 0 Å². The highest BCUT2D eigenvalue weighted by Gasteiger charge is 2.44. The van der Waals surface area contributed by atoms with E-state index < -0.39 is 36.5 Å². The van der Waals surface area contributed by atoms with Crippen LogP contribution >= 0.6 is 23.4 Å².